The summed E-state index contributed by atoms with van der Waals surface area (Å²) in [5.74, 6) is 0. The van der Waals surface area contributed by atoms with Crippen LogP contribution in [0.4, 0.5) is 5.69 Å². The van der Waals surface area contributed by atoms with Crippen LogP contribution < -0.4 is 26.9 Å². The highest BCUT2D eigenvalue weighted by Crippen LogP contribution is 2.33. The van der Waals surface area contributed by atoms with Gasteiger partial charge in [0, 0.05) is 17.8 Å². The van der Waals surface area contributed by atoms with E-state index in [-0.39, 0.29) is 5.39 Å². The average Bonchev–Trinajstić information content (AvgIpc) is 2.84. The molecule has 2 aliphatic carbocycles. The van der Waals surface area contributed by atoms with E-state index in [1.165, 1.54) is 0 Å². The van der Waals surface area contributed by atoms with E-state index in [9.17, 15) is 56.7 Å². The highest BCUT2D eigenvalue weighted by molar-refractivity contribution is 7.87. The van der Waals surface area contributed by atoms with Crippen LogP contribution in [-0.2, 0) is 40.5 Å². The number of hydrogen-bond acceptors (Lipinski definition) is 13. The summed E-state index contributed by atoms with van der Waals surface area (Å²) < 4.78 is 135. The maximum Gasteiger partial charge on any atom is 0.297 e. The van der Waals surface area contributed by atoms with Crippen molar-refractivity contribution in [2.24, 2.45) is 10.1 Å². The van der Waals surface area contributed by atoms with E-state index in [0.29, 0.717) is 12.1 Å². The molecule has 0 atom stereocenters. The van der Waals surface area contributed by atoms with E-state index in [2.05, 4.69) is 15.5 Å². The number of anilines is 1. The molecule has 4 rings (SSSR count). The van der Waals surface area contributed by atoms with E-state index >= 15 is 0 Å². The Labute approximate surface area is 235 Å². The fraction of sp³-hybridized carbons (Fsp3) is 0.0476. The van der Waals surface area contributed by atoms with E-state index in [1.807, 2.05) is 0 Å². The summed E-state index contributed by atoms with van der Waals surface area (Å²) in [6.07, 6.45) is 0. The molecule has 0 saturated carbocycles. The largest absolute Gasteiger partial charge is 0.298 e. The van der Waals surface area contributed by atoms with Gasteiger partial charge in [-0.1, -0.05) is 18.2 Å². The van der Waals surface area contributed by atoms with Crippen LogP contribution in [0.2, 0.25) is 0 Å². The lowest BCUT2D eigenvalue weighted by atomic mass is 10.1. The first-order valence-electron chi connectivity index (χ1n) is 10.8. The highest BCUT2D eigenvalue weighted by Gasteiger charge is 2.24. The van der Waals surface area contributed by atoms with E-state index in [4.69, 9.17) is 5.41 Å². The minimum Gasteiger partial charge on any atom is -0.298 e. The normalized spacial score (nSPS) is 14.1. The van der Waals surface area contributed by atoms with Crippen LogP contribution in [0, 0.1) is 15.8 Å². The van der Waals surface area contributed by atoms with Crippen LogP contribution in [0.25, 0.3) is 10.8 Å². The molecule has 0 heterocycles. The first kappa shape index (κ1) is 31.0. The maximum atomic E-state index is 13.0. The second kappa shape index (κ2) is 10.1. The van der Waals surface area contributed by atoms with Crippen LogP contribution in [-0.4, -0.2) is 58.9 Å². The Morgan fingerprint density at radius 3 is 1.76 bits per heavy atom. The minimum atomic E-state index is -5.28. The van der Waals surface area contributed by atoms with Crippen molar-refractivity contribution in [1.82, 2.24) is 0 Å². The fourth-order valence-electron chi connectivity index (χ4n) is 4.19. The molecule has 0 radical (unpaired) electrons. The summed E-state index contributed by atoms with van der Waals surface area (Å²) in [4.78, 5) is 12.7. The topological polar surface area (TPSA) is 295 Å². The van der Waals surface area contributed by atoms with Crippen LogP contribution >= 0.6 is 0 Å². The monoisotopic (exact) mass is 660 g/mol. The number of nitrogens with zero attached hydrogens (tertiary/aromatic N) is 2. The molecule has 2 aliphatic rings. The smallest absolute Gasteiger partial charge is 0.297 e. The molecule has 6 N–H and O–H groups in total. The van der Waals surface area contributed by atoms with Crippen molar-refractivity contribution in [3.05, 3.63) is 79.2 Å². The summed E-state index contributed by atoms with van der Waals surface area (Å²) in [7, 11) is -19.4. The van der Waals surface area contributed by atoms with Gasteiger partial charge >= 0.3 is 0 Å². The summed E-state index contributed by atoms with van der Waals surface area (Å²) >= 11 is 0. The fourth-order valence-corrected chi connectivity index (χ4v) is 7.12. The molecule has 0 fully saturated rings. The van der Waals surface area contributed by atoms with Gasteiger partial charge in [0.1, 0.15) is 30.3 Å². The molecule has 0 unspecified atom stereocenters. The molecule has 0 aromatic heterocycles. The molecule has 0 aliphatic heterocycles. The van der Waals surface area contributed by atoms with Crippen molar-refractivity contribution in [3.63, 3.8) is 0 Å². The molecule has 222 valence electrons. The van der Waals surface area contributed by atoms with Crippen molar-refractivity contribution >= 4 is 56.9 Å². The third-order valence-corrected chi connectivity index (χ3v) is 9.43. The second-order valence-corrected chi connectivity index (χ2v) is 13.9. The van der Waals surface area contributed by atoms with Gasteiger partial charge in [-0.2, -0.15) is 38.8 Å². The van der Waals surface area contributed by atoms with Crippen molar-refractivity contribution in [2.75, 3.05) is 12.5 Å². The van der Waals surface area contributed by atoms with Crippen molar-refractivity contribution in [3.8, 4) is 0 Å². The molecule has 21 heteroatoms. The highest BCUT2D eigenvalue weighted by atomic mass is 32.2. The van der Waals surface area contributed by atoms with E-state index in [1.54, 1.807) is 0 Å². The average molecular weight is 661 g/mol. The zero-order valence-corrected chi connectivity index (χ0v) is 23.8. The molecule has 0 spiro atoms. The van der Waals surface area contributed by atoms with Gasteiger partial charge in [0.15, 0.2) is 0 Å². The summed E-state index contributed by atoms with van der Waals surface area (Å²) in [6.45, 7) is 0. The molecule has 0 saturated heterocycles. The van der Waals surface area contributed by atoms with Crippen molar-refractivity contribution in [2.45, 2.75) is 19.6 Å². The van der Waals surface area contributed by atoms with Crippen molar-refractivity contribution < 1.29 is 51.9 Å². The quantitative estimate of drug-likeness (QED) is 0.104. The number of fused-ring (bicyclic) bond motifs is 1. The predicted octanol–water partition coefficient (Wildman–Crippen LogP) is -1.28. The Morgan fingerprint density at radius 2 is 1.26 bits per heavy atom. The molecular formula is C21H16N4O13S4. The Bertz CT molecular complexity index is 2590. The number of benzene rings is 2. The molecule has 0 bridgehead atoms. The standard InChI is InChI=1S/C21H16N4O13S4/c1-23-19-15(41(33,34)35)8-9-7-14(40(30,31)32)18(17(22)16(9)20(19)26)25-24-12-6-5-10-11(21(12)42(36,37)38)3-2-4-13(10)39(27,28)29/h2-8,22,24H,1H3,(H,27,28,29)(H,30,31,32)(H,33,34,35)(H,36,37,38). The minimum absolute atomic E-state index is 0.342. The number of hydrogen-bond donors (Lipinski definition) is 6. The zero-order chi connectivity index (χ0) is 31.6. The second-order valence-electron chi connectivity index (χ2n) is 8.39. The summed E-state index contributed by atoms with van der Waals surface area (Å²) in [5, 5.41) is 7.36. The summed E-state index contributed by atoms with van der Waals surface area (Å²) in [6, 6.07) is 6.18. The van der Waals surface area contributed by atoms with Crippen LogP contribution in [0.3, 0.4) is 0 Å². The van der Waals surface area contributed by atoms with Gasteiger partial charge in [0.05, 0.1) is 16.3 Å². The first-order valence-corrected chi connectivity index (χ1v) is 16.5. The lowest BCUT2D eigenvalue weighted by Gasteiger charge is -2.12. The number of nitrogens with one attached hydrogen (secondary N) is 2. The van der Waals surface area contributed by atoms with Crippen LogP contribution in [0.15, 0.2) is 76.9 Å². The van der Waals surface area contributed by atoms with Gasteiger partial charge in [0.2, 0.25) is 5.43 Å². The lowest BCUT2D eigenvalue weighted by Crippen LogP contribution is -2.41. The van der Waals surface area contributed by atoms with Gasteiger partial charge in [-0.3, -0.25) is 38.8 Å². The Hall–Kier alpha value is -3.96. The van der Waals surface area contributed by atoms with E-state index < -0.39 is 103 Å². The molecular weight excluding hydrogens is 645 g/mol. The molecule has 0 amide bonds. The number of rotatable bonds is 6. The van der Waals surface area contributed by atoms with Crippen LogP contribution in [0.1, 0.15) is 0 Å². The SMILES string of the molecule is CN=c1c(S(=O)(=O)O)cc2cc(S(=O)(=O)O)c(=NNc3ccc4c(S(=O)(=O)O)cccc4c3S(=O)(=O)O)c(=N)c=2c1=O. The first-order chi connectivity index (χ1) is 19.2. The molecule has 42 heavy (non-hydrogen) atoms. The third-order valence-electron chi connectivity index (χ3n) is 5.83. The van der Waals surface area contributed by atoms with Gasteiger partial charge in [-0.25, -0.2) is 0 Å². The van der Waals surface area contributed by atoms with Crippen molar-refractivity contribution in [1.29, 1.82) is 5.41 Å². The Balaban J connectivity index is 2.16. The maximum absolute atomic E-state index is 13.0. The van der Waals surface area contributed by atoms with Crippen LogP contribution in [0.5, 0.6) is 0 Å². The molecule has 17 nitrogen and oxygen atoms in total. The Morgan fingerprint density at radius 1 is 0.714 bits per heavy atom. The predicted molar refractivity (Wildman–Crippen MR) is 140 cm³/mol. The third kappa shape index (κ3) is 5.46. The van der Waals surface area contributed by atoms with Gasteiger partial charge in [0.25, 0.3) is 40.5 Å². The molecule has 2 aromatic carbocycles. The van der Waals surface area contributed by atoms with Gasteiger partial charge in [-0.05, 0) is 29.5 Å². The Kier molecular flexibility index (Phi) is 7.45. The molecule has 2 aromatic rings. The lowest BCUT2D eigenvalue weighted by molar-refractivity contribution is 0.480. The van der Waals surface area contributed by atoms with Gasteiger partial charge in [-0.15, -0.1) is 0 Å². The summed E-state index contributed by atoms with van der Waals surface area (Å²) in [5.41, 5.74) is 0.258. The zero-order valence-electron chi connectivity index (χ0n) is 20.5. The van der Waals surface area contributed by atoms with Gasteiger partial charge < -0.3 is 0 Å². The van der Waals surface area contributed by atoms with E-state index in [0.717, 1.165) is 37.4 Å².